The van der Waals surface area contributed by atoms with E-state index < -0.39 is 0 Å². The summed E-state index contributed by atoms with van der Waals surface area (Å²) in [4.78, 5) is 14.1. The molecule has 0 aliphatic carbocycles. The zero-order chi connectivity index (χ0) is 15.4. The van der Waals surface area contributed by atoms with Crippen molar-refractivity contribution in [2.45, 2.75) is 45.6 Å². The van der Waals surface area contributed by atoms with E-state index in [0.29, 0.717) is 12.0 Å². The molecule has 5 nitrogen and oxygen atoms in total. The molecule has 0 bridgehead atoms. The molecule has 1 aliphatic rings. The molecule has 0 aromatic carbocycles. The van der Waals surface area contributed by atoms with Crippen molar-refractivity contribution in [3.05, 3.63) is 11.9 Å². The number of anilines is 2. The summed E-state index contributed by atoms with van der Waals surface area (Å²) in [5.74, 6) is 3.24. The Morgan fingerprint density at radius 3 is 2.57 bits per heavy atom. The van der Waals surface area contributed by atoms with E-state index in [4.69, 9.17) is 4.98 Å². The summed E-state index contributed by atoms with van der Waals surface area (Å²) in [6.07, 6.45) is 2.40. The molecule has 0 unspecified atom stereocenters. The third kappa shape index (κ3) is 4.06. The zero-order valence-electron chi connectivity index (χ0n) is 14.1. The maximum Gasteiger partial charge on any atom is 0.135 e. The van der Waals surface area contributed by atoms with Gasteiger partial charge in [-0.3, -0.25) is 0 Å². The number of rotatable bonds is 5. The quantitative estimate of drug-likeness (QED) is 0.903. The molecule has 5 heteroatoms. The van der Waals surface area contributed by atoms with Crippen LogP contribution in [0.4, 0.5) is 11.6 Å². The van der Waals surface area contributed by atoms with Crippen LogP contribution in [0.2, 0.25) is 0 Å². The summed E-state index contributed by atoms with van der Waals surface area (Å²) in [7, 11) is 4.36. The van der Waals surface area contributed by atoms with E-state index in [-0.39, 0.29) is 0 Å². The zero-order valence-corrected chi connectivity index (χ0v) is 14.1. The summed E-state index contributed by atoms with van der Waals surface area (Å²) < 4.78 is 0. The first-order valence-electron chi connectivity index (χ1n) is 8.05. The Labute approximate surface area is 128 Å². The van der Waals surface area contributed by atoms with Crippen molar-refractivity contribution < 1.29 is 0 Å². The molecule has 1 aromatic rings. The molecular weight excluding hydrogens is 262 g/mol. The lowest BCUT2D eigenvalue weighted by atomic mass is 10.0. The van der Waals surface area contributed by atoms with E-state index in [0.717, 1.165) is 37.1 Å². The highest BCUT2D eigenvalue weighted by molar-refractivity contribution is 5.50. The van der Waals surface area contributed by atoms with Gasteiger partial charge in [0.2, 0.25) is 0 Å². The van der Waals surface area contributed by atoms with Crippen molar-refractivity contribution in [2.24, 2.45) is 0 Å². The predicted molar refractivity (Wildman–Crippen MR) is 89.2 cm³/mol. The molecule has 0 atom stereocenters. The van der Waals surface area contributed by atoms with Crippen molar-refractivity contribution in [1.29, 1.82) is 0 Å². The van der Waals surface area contributed by atoms with Gasteiger partial charge in [-0.25, -0.2) is 9.97 Å². The summed E-state index contributed by atoms with van der Waals surface area (Å²) in [5, 5.41) is 3.32. The van der Waals surface area contributed by atoms with Gasteiger partial charge in [0.25, 0.3) is 0 Å². The molecule has 2 rings (SSSR count). The molecule has 0 spiro atoms. The van der Waals surface area contributed by atoms with E-state index in [1.165, 1.54) is 12.8 Å². The van der Waals surface area contributed by atoms with E-state index in [1.54, 1.807) is 0 Å². The van der Waals surface area contributed by atoms with Gasteiger partial charge in [-0.1, -0.05) is 13.8 Å². The first-order chi connectivity index (χ1) is 10.0. The lowest BCUT2D eigenvalue weighted by Gasteiger charge is -2.36. The van der Waals surface area contributed by atoms with Gasteiger partial charge in [-0.15, -0.1) is 0 Å². The highest BCUT2D eigenvalue weighted by Crippen LogP contribution is 2.24. The first-order valence-corrected chi connectivity index (χ1v) is 8.05. The van der Waals surface area contributed by atoms with E-state index in [1.807, 2.05) is 0 Å². The Bertz CT molecular complexity index is 452. The van der Waals surface area contributed by atoms with E-state index in [9.17, 15) is 0 Å². The molecule has 0 saturated carbocycles. The van der Waals surface area contributed by atoms with Gasteiger partial charge in [-0.05, 0) is 39.9 Å². The van der Waals surface area contributed by atoms with Gasteiger partial charge < -0.3 is 15.1 Å². The lowest BCUT2D eigenvalue weighted by molar-refractivity contribution is 0.252. The maximum atomic E-state index is 4.77. The number of nitrogens with one attached hydrogen (secondary N) is 1. The largest absolute Gasteiger partial charge is 0.370 e. The number of piperidine rings is 1. The van der Waals surface area contributed by atoms with Gasteiger partial charge in [0.1, 0.15) is 17.5 Å². The molecule has 0 amide bonds. The fraction of sp³-hybridized carbons (Fsp3) is 0.750. The molecule has 2 heterocycles. The lowest BCUT2D eigenvalue weighted by Crippen LogP contribution is -2.42. The van der Waals surface area contributed by atoms with E-state index >= 15 is 0 Å². The Morgan fingerprint density at radius 1 is 1.33 bits per heavy atom. The second-order valence-electron chi connectivity index (χ2n) is 6.30. The number of hydrogen-bond donors (Lipinski definition) is 1. The number of hydrogen-bond acceptors (Lipinski definition) is 5. The molecular formula is C16H29N5. The van der Waals surface area contributed by atoms with Crippen LogP contribution in [0.5, 0.6) is 0 Å². The van der Waals surface area contributed by atoms with E-state index in [2.05, 4.69) is 61.0 Å². The second-order valence-corrected chi connectivity index (χ2v) is 6.30. The van der Waals surface area contributed by atoms with Crippen LogP contribution in [0.15, 0.2) is 6.07 Å². The fourth-order valence-electron chi connectivity index (χ4n) is 2.73. The molecule has 118 valence electrons. The monoisotopic (exact) mass is 291 g/mol. The van der Waals surface area contributed by atoms with Crippen LogP contribution in [0.3, 0.4) is 0 Å². The topological polar surface area (TPSA) is 44.3 Å². The van der Waals surface area contributed by atoms with Crippen molar-refractivity contribution >= 4 is 11.6 Å². The highest BCUT2D eigenvalue weighted by atomic mass is 15.2. The van der Waals surface area contributed by atoms with Gasteiger partial charge in [0.05, 0.1) is 0 Å². The molecule has 1 aromatic heterocycles. The van der Waals surface area contributed by atoms with Crippen molar-refractivity contribution in [2.75, 3.05) is 43.9 Å². The van der Waals surface area contributed by atoms with Crippen LogP contribution in [0.25, 0.3) is 0 Å². The summed E-state index contributed by atoms with van der Waals surface area (Å²) in [5.41, 5.74) is 0. The third-order valence-corrected chi connectivity index (χ3v) is 4.20. The normalized spacial score (nSPS) is 17.2. The van der Waals surface area contributed by atoms with Crippen LogP contribution in [0, 0.1) is 0 Å². The molecule has 0 radical (unpaired) electrons. The van der Waals surface area contributed by atoms with Crippen LogP contribution < -0.4 is 10.2 Å². The van der Waals surface area contributed by atoms with Crippen molar-refractivity contribution in [3.8, 4) is 0 Å². The highest BCUT2D eigenvalue weighted by Gasteiger charge is 2.22. The maximum absolute atomic E-state index is 4.77. The second kappa shape index (κ2) is 7.07. The minimum Gasteiger partial charge on any atom is -0.370 e. The third-order valence-electron chi connectivity index (χ3n) is 4.20. The standard InChI is InChI=1S/C16H29N5/c1-6-17-14-11-15(19-16(18-14)12(2)3)21(5)13-7-9-20(4)10-8-13/h11-13H,6-10H2,1-5H3,(H,17,18,19). The molecule has 1 N–H and O–H groups in total. The van der Waals surface area contributed by atoms with Crippen LogP contribution >= 0.6 is 0 Å². The minimum absolute atomic E-state index is 0.341. The average Bonchev–Trinajstić information content (AvgIpc) is 2.47. The Balaban J connectivity index is 2.20. The molecule has 1 saturated heterocycles. The molecule has 1 aliphatic heterocycles. The average molecular weight is 291 g/mol. The SMILES string of the molecule is CCNc1cc(N(C)C2CCN(C)CC2)nc(C(C)C)n1. The van der Waals surface area contributed by atoms with Crippen LogP contribution in [-0.2, 0) is 0 Å². The number of aromatic nitrogens is 2. The van der Waals surface area contributed by atoms with Crippen LogP contribution in [-0.4, -0.2) is 54.6 Å². The number of nitrogens with zero attached hydrogens (tertiary/aromatic N) is 4. The fourth-order valence-corrected chi connectivity index (χ4v) is 2.73. The van der Waals surface area contributed by atoms with Crippen molar-refractivity contribution in [3.63, 3.8) is 0 Å². The van der Waals surface area contributed by atoms with Gasteiger partial charge >= 0.3 is 0 Å². The smallest absolute Gasteiger partial charge is 0.135 e. The number of likely N-dealkylation sites (tertiary alicyclic amines) is 1. The van der Waals surface area contributed by atoms with Crippen molar-refractivity contribution in [1.82, 2.24) is 14.9 Å². The predicted octanol–water partition coefficient (Wildman–Crippen LogP) is 2.56. The summed E-state index contributed by atoms with van der Waals surface area (Å²) >= 11 is 0. The van der Waals surface area contributed by atoms with Gasteiger partial charge in [-0.2, -0.15) is 0 Å². The summed E-state index contributed by atoms with van der Waals surface area (Å²) in [6, 6.07) is 2.65. The Kier molecular flexibility index (Phi) is 5.39. The minimum atomic E-state index is 0.341. The first kappa shape index (κ1) is 16.0. The van der Waals surface area contributed by atoms with Crippen LogP contribution in [0.1, 0.15) is 45.4 Å². The Hall–Kier alpha value is -1.36. The summed E-state index contributed by atoms with van der Waals surface area (Å²) in [6.45, 7) is 9.59. The van der Waals surface area contributed by atoms with Gasteiger partial charge in [0.15, 0.2) is 0 Å². The van der Waals surface area contributed by atoms with Gasteiger partial charge in [0, 0.05) is 31.6 Å². The molecule has 21 heavy (non-hydrogen) atoms. The molecule has 1 fully saturated rings. The Morgan fingerprint density at radius 2 is 2.00 bits per heavy atom.